The van der Waals surface area contributed by atoms with Gasteiger partial charge in [-0.1, -0.05) is 6.07 Å². The summed E-state index contributed by atoms with van der Waals surface area (Å²) < 4.78 is 14.1. The number of H-pyrrole nitrogens is 3. The lowest BCUT2D eigenvalue weighted by molar-refractivity contribution is 0.0828. The van der Waals surface area contributed by atoms with Crippen molar-refractivity contribution in [2.45, 2.75) is 26.2 Å². The number of aryl methyl sites for hydroxylation is 1. The highest BCUT2D eigenvalue weighted by molar-refractivity contribution is 6.00. The Morgan fingerprint density at radius 2 is 1.88 bits per heavy atom. The normalized spacial score (nSPS) is 18.8. The zero-order valence-corrected chi connectivity index (χ0v) is 24.1. The van der Waals surface area contributed by atoms with Gasteiger partial charge in [-0.25, -0.2) is 9.18 Å². The Morgan fingerprint density at radius 1 is 1.07 bits per heavy atom. The number of nitrogens with zero attached hydrogens (tertiary/aromatic N) is 3. The molecule has 4 aromatic rings. The van der Waals surface area contributed by atoms with Crippen LogP contribution in [0.3, 0.4) is 0 Å². The third-order valence-electron chi connectivity index (χ3n) is 8.87. The van der Waals surface area contributed by atoms with Crippen LogP contribution in [0.5, 0.6) is 0 Å². The highest BCUT2D eigenvalue weighted by Crippen LogP contribution is 2.42. The van der Waals surface area contributed by atoms with Crippen LogP contribution < -0.4 is 21.5 Å². The number of carbonyl (C=O) groups excluding carboxylic acids is 1. The van der Waals surface area contributed by atoms with Crippen LogP contribution in [0.25, 0.3) is 11.0 Å². The van der Waals surface area contributed by atoms with Crippen LogP contribution in [0.2, 0.25) is 0 Å². The van der Waals surface area contributed by atoms with Crippen LogP contribution in [-0.4, -0.2) is 77.5 Å². The molecule has 10 nitrogen and oxygen atoms in total. The molecule has 2 aromatic carbocycles. The Bertz CT molecular complexity index is 1770. The SMILES string of the molecule is Cc1c(CCN2CCC3(CCN(c4cc[nH]c(=O)c4Nc4ccc(F)cc4C(=O)N(C)C)C3)C2)ccc2[nH]c(=O)[nH]c12. The number of hydrogen-bond donors (Lipinski definition) is 4. The minimum Gasteiger partial charge on any atom is -0.369 e. The van der Waals surface area contributed by atoms with Crippen LogP contribution in [0.1, 0.15) is 34.3 Å². The molecule has 4 N–H and O–H groups in total. The van der Waals surface area contributed by atoms with Crippen molar-refractivity contribution in [2.24, 2.45) is 5.41 Å². The molecular weight excluding hydrogens is 537 g/mol. The lowest BCUT2D eigenvalue weighted by Gasteiger charge is -2.27. The monoisotopic (exact) mass is 573 g/mol. The summed E-state index contributed by atoms with van der Waals surface area (Å²) in [6.07, 6.45) is 4.65. The Morgan fingerprint density at radius 3 is 2.69 bits per heavy atom. The van der Waals surface area contributed by atoms with Gasteiger partial charge in [0, 0.05) is 51.9 Å². The fourth-order valence-electron chi connectivity index (χ4n) is 6.56. The van der Waals surface area contributed by atoms with E-state index in [0.29, 0.717) is 11.4 Å². The number of carbonyl (C=O) groups is 1. The zero-order chi connectivity index (χ0) is 29.6. The van der Waals surface area contributed by atoms with Gasteiger partial charge in [0.05, 0.1) is 28.0 Å². The summed E-state index contributed by atoms with van der Waals surface area (Å²) in [5.41, 5.74) is 5.36. The predicted molar refractivity (Wildman–Crippen MR) is 162 cm³/mol. The number of aromatic amines is 3. The minimum absolute atomic E-state index is 0.132. The molecular formula is C31H36FN7O3. The number of anilines is 3. The summed E-state index contributed by atoms with van der Waals surface area (Å²) in [7, 11) is 3.21. The number of aromatic nitrogens is 3. The second kappa shape index (κ2) is 10.8. The molecule has 11 heteroatoms. The minimum atomic E-state index is -0.518. The maximum atomic E-state index is 14.1. The number of nitrogens with one attached hydrogen (secondary N) is 4. The van der Waals surface area contributed by atoms with Crippen molar-refractivity contribution >= 4 is 34.0 Å². The molecule has 220 valence electrons. The summed E-state index contributed by atoms with van der Waals surface area (Å²) in [5.74, 6) is -0.871. The van der Waals surface area contributed by atoms with Crippen LogP contribution in [0.15, 0.2) is 52.2 Å². The molecule has 2 saturated heterocycles. The van der Waals surface area contributed by atoms with Gasteiger partial charge in [0.2, 0.25) is 0 Å². The number of pyridine rings is 1. The van der Waals surface area contributed by atoms with E-state index in [1.807, 2.05) is 12.1 Å². The quantitative estimate of drug-likeness (QED) is 0.268. The highest BCUT2D eigenvalue weighted by Gasteiger charge is 2.43. The number of halogens is 1. The van der Waals surface area contributed by atoms with E-state index in [1.165, 1.54) is 28.7 Å². The van der Waals surface area contributed by atoms with Crippen molar-refractivity contribution in [2.75, 3.05) is 57.0 Å². The Labute approximate surface area is 242 Å². The van der Waals surface area contributed by atoms with Crippen molar-refractivity contribution in [3.63, 3.8) is 0 Å². The van der Waals surface area contributed by atoms with E-state index in [9.17, 15) is 18.8 Å². The highest BCUT2D eigenvalue weighted by atomic mass is 19.1. The fraction of sp³-hybridized carbons (Fsp3) is 0.387. The molecule has 42 heavy (non-hydrogen) atoms. The summed E-state index contributed by atoms with van der Waals surface area (Å²) >= 11 is 0. The second-order valence-electron chi connectivity index (χ2n) is 11.9. The molecule has 0 bridgehead atoms. The smallest absolute Gasteiger partial charge is 0.323 e. The summed E-state index contributed by atoms with van der Waals surface area (Å²) in [4.78, 5) is 52.1. The van der Waals surface area contributed by atoms with E-state index in [0.717, 1.165) is 74.3 Å². The molecule has 0 aliphatic carbocycles. The first-order valence-corrected chi connectivity index (χ1v) is 14.3. The van der Waals surface area contributed by atoms with Gasteiger partial charge in [-0.2, -0.15) is 0 Å². The molecule has 2 aliphatic rings. The largest absolute Gasteiger partial charge is 0.369 e. The van der Waals surface area contributed by atoms with E-state index >= 15 is 0 Å². The predicted octanol–water partition coefficient (Wildman–Crippen LogP) is 3.58. The van der Waals surface area contributed by atoms with Crippen LogP contribution >= 0.6 is 0 Å². The zero-order valence-electron chi connectivity index (χ0n) is 24.1. The van der Waals surface area contributed by atoms with Gasteiger partial charge in [-0.05, 0) is 74.2 Å². The number of hydrogen-bond acceptors (Lipinski definition) is 6. The molecule has 1 atom stereocenters. The van der Waals surface area contributed by atoms with Gasteiger partial charge < -0.3 is 35.0 Å². The van der Waals surface area contributed by atoms with Gasteiger partial charge in [0.15, 0.2) is 0 Å². The first kappa shape index (κ1) is 27.8. The first-order valence-electron chi connectivity index (χ1n) is 14.3. The van der Waals surface area contributed by atoms with Gasteiger partial charge in [-0.3, -0.25) is 9.59 Å². The molecule has 2 aliphatic heterocycles. The van der Waals surface area contributed by atoms with Crippen molar-refractivity contribution in [3.05, 3.63) is 85.9 Å². The van der Waals surface area contributed by atoms with Crippen molar-refractivity contribution in [1.29, 1.82) is 0 Å². The molecule has 6 rings (SSSR count). The standard InChI is InChI=1S/C31H36FN7O3/c1-19-20(4-6-24-26(19)36-30(42)35-24)9-13-38-14-10-31(17-38)11-15-39(18-31)25-8-12-33-28(40)27(25)34-23-7-5-21(32)16-22(23)29(41)37(2)3/h4-8,12,16,34H,9-11,13-15,17-18H2,1-3H3,(H,33,40)(H2,35,36,42). The Balaban J connectivity index is 1.16. The van der Waals surface area contributed by atoms with Gasteiger partial charge >= 0.3 is 5.69 Å². The van der Waals surface area contributed by atoms with E-state index in [2.05, 4.69) is 43.1 Å². The van der Waals surface area contributed by atoms with Crippen molar-refractivity contribution in [3.8, 4) is 0 Å². The third kappa shape index (κ3) is 5.20. The average Bonchev–Trinajstić information content (AvgIpc) is 3.68. The molecule has 1 amide bonds. The van der Waals surface area contributed by atoms with Crippen molar-refractivity contribution in [1.82, 2.24) is 24.8 Å². The number of rotatable bonds is 7. The number of likely N-dealkylation sites (tertiary alicyclic amines) is 1. The maximum Gasteiger partial charge on any atom is 0.323 e. The van der Waals surface area contributed by atoms with E-state index < -0.39 is 5.82 Å². The maximum absolute atomic E-state index is 14.1. The average molecular weight is 574 g/mol. The summed E-state index contributed by atoms with van der Waals surface area (Å²) in [5, 5.41) is 3.16. The number of fused-ring (bicyclic) bond motifs is 1. The molecule has 0 radical (unpaired) electrons. The topological polar surface area (TPSA) is 120 Å². The molecule has 1 unspecified atom stereocenters. The van der Waals surface area contributed by atoms with Crippen LogP contribution in [-0.2, 0) is 6.42 Å². The van der Waals surface area contributed by atoms with Gasteiger partial charge in [-0.15, -0.1) is 0 Å². The van der Waals surface area contributed by atoms with Crippen molar-refractivity contribution < 1.29 is 9.18 Å². The Kier molecular flexibility index (Phi) is 7.14. The molecule has 4 heterocycles. The molecule has 0 saturated carbocycles. The number of imidazole rings is 1. The van der Waals surface area contributed by atoms with Gasteiger partial charge in [0.25, 0.3) is 11.5 Å². The van der Waals surface area contributed by atoms with Crippen LogP contribution in [0.4, 0.5) is 21.5 Å². The van der Waals surface area contributed by atoms with E-state index in [-0.39, 0.29) is 28.1 Å². The van der Waals surface area contributed by atoms with E-state index in [4.69, 9.17) is 0 Å². The number of amides is 1. The molecule has 1 spiro atoms. The lowest BCUT2D eigenvalue weighted by Crippen LogP contribution is -2.32. The molecule has 2 fully saturated rings. The Hall–Kier alpha value is -4.38. The number of benzene rings is 2. The molecule has 2 aromatic heterocycles. The first-order chi connectivity index (χ1) is 20.1. The third-order valence-corrected chi connectivity index (χ3v) is 8.87. The summed E-state index contributed by atoms with van der Waals surface area (Å²) in [6, 6.07) is 9.92. The van der Waals surface area contributed by atoms with Crippen LogP contribution in [0, 0.1) is 18.2 Å². The van der Waals surface area contributed by atoms with E-state index in [1.54, 1.807) is 20.3 Å². The summed E-state index contributed by atoms with van der Waals surface area (Å²) in [6.45, 7) is 6.63. The second-order valence-corrected chi connectivity index (χ2v) is 11.9. The lowest BCUT2D eigenvalue weighted by atomic mass is 9.86. The van der Waals surface area contributed by atoms with Gasteiger partial charge in [0.1, 0.15) is 11.5 Å². The fourth-order valence-corrected chi connectivity index (χ4v) is 6.56.